The molecule has 0 unspecified atom stereocenters. The number of methoxy groups -OCH3 is 3. The average molecular weight is 394 g/mol. The standard InChI is InChI=1S/C19H26N2O5S/c1-19(2)15(16(22)20-9-6-10-24-3)21-17(23)13-11(18(21)27-19)7-8-12(25-4)14(13)26-5/h7-8,15,18H,6,9-10H2,1-5H3,(H,20,22)/t15-,18+/m0/s1. The van der Waals surface area contributed by atoms with Crippen molar-refractivity contribution >= 4 is 23.6 Å². The van der Waals surface area contributed by atoms with Crippen molar-refractivity contribution in [3.8, 4) is 11.5 Å². The summed E-state index contributed by atoms with van der Waals surface area (Å²) in [7, 11) is 4.69. The highest BCUT2D eigenvalue weighted by Gasteiger charge is 2.58. The zero-order chi connectivity index (χ0) is 19.8. The number of nitrogens with one attached hydrogen (secondary N) is 1. The van der Waals surface area contributed by atoms with Gasteiger partial charge in [-0.3, -0.25) is 9.59 Å². The number of carbonyl (C=O) groups excluding carboxylic acids is 2. The minimum absolute atomic E-state index is 0.141. The third-order valence-corrected chi connectivity index (χ3v) is 6.50. The molecule has 0 aliphatic carbocycles. The number of nitrogens with zero attached hydrogens (tertiary/aromatic N) is 1. The largest absolute Gasteiger partial charge is 0.493 e. The fourth-order valence-corrected chi connectivity index (χ4v) is 5.36. The lowest BCUT2D eigenvalue weighted by atomic mass is 10.0. The normalized spacial score (nSPS) is 22.4. The van der Waals surface area contributed by atoms with E-state index < -0.39 is 10.8 Å². The first-order valence-corrected chi connectivity index (χ1v) is 9.77. The highest BCUT2D eigenvalue weighted by atomic mass is 32.2. The second-order valence-electron chi connectivity index (χ2n) is 7.09. The first-order chi connectivity index (χ1) is 12.9. The van der Waals surface area contributed by atoms with E-state index in [1.165, 1.54) is 7.11 Å². The maximum atomic E-state index is 13.3. The first kappa shape index (κ1) is 19.8. The van der Waals surface area contributed by atoms with Crippen molar-refractivity contribution in [1.29, 1.82) is 0 Å². The fourth-order valence-electron chi connectivity index (χ4n) is 3.78. The quantitative estimate of drug-likeness (QED) is 0.715. The van der Waals surface area contributed by atoms with Crippen LogP contribution in [0.5, 0.6) is 11.5 Å². The van der Waals surface area contributed by atoms with E-state index in [1.807, 2.05) is 19.9 Å². The highest BCUT2D eigenvalue weighted by molar-refractivity contribution is 8.01. The van der Waals surface area contributed by atoms with Gasteiger partial charge in [-0.05, 0) is 26.3 Å². The Labute approximate surface area is 163 Å². The molecule has 0 spiro atoms. The van der Waals surface area contributed by atoms with Crippen LogP contribution in [-0.2, 0) is 9.53 Å². The zero-order valence-corrected chi connectivity index (χ0v) is 17.1. The molecule has 0 bridgehead atoms. The fraction of sp³-hybridized carbons (Fsp3) is 0.579. The molecule has 148 valence electrons. The Kier molecular flexibility index (Phi) is 5.58. The van der Waals surface area contributed by atoms with E-state index in [4.69, 9.17) is 14.2 Å². The van der Waals surface area contributed by atoms with Crippen LogP contribution in [0.1, 0.15) is 41.6 Å². The smallest absolute Gasteiger partial charge is 0.260 e. The number of rotatable bonds is 7. The number of carbonyl (C=O) groups is 2. The Balaban J connectivity index is 1.92. The maximum absolute atomic E-state index is 13.3. The van der Waals surface area contributed by atoms with E-state index in [9.17, 15) is 9.59 Å². The van der Waals surface area contributed by atoms with Crippen molar-refractivity contribution in [2.75, 3.05) is 34.5 Å². The van der Waals surface area contributed by atoms with Crippen LogP contribution in [0, 0.1) is 0 Å². The summed E-state index contributed by atoms with van der Waals surface area (Å²) >= 11 is 1.62. The van der Waals surface area contributed by atoms with E-state index in [0.717, 1.165) is 12.0 Å². The Morgan fingerprint density at radius 3 is 2.63 bits per heavy atom. The molecule has 0 radical (unpaired) electrons. The van der Waals surface area contributed by atoms with Gasteiger partial charge in [-0.1, -0.05) is 6.07 Å². The number of thioether (sulfide) groups is 1. The van der Waals surface area contributed by atoms with Gasteiger partial charge in [0.2, 0.25) is 5.91 Å². The van der Waals surface area contributed by atoms with Crippen LogP contribution in [0.3, 0.4) is 0 Å². The molecule has 1 saturated heterocycles. The Hall–Kier alpha value is -1.93. The van der Waals surface area contributed by atoms with Crippen LogP contribution in [0.15, 0.2) is 12.1 Å². The second-order valence-corrected chi connectivity index (χ2v) is 8.83. The summed E-state index contributed by atoms with van der Waals surface area (Å²) in [4.78, 5) is 27.9. The number of fused-ring (bicyclic) bond motifs is 3. The van der Waals surface area contributed by atoms with Gasteiger partial charge in [-0.15, -0.1) is 11.8 Å². The summed E-state index contributed by atoms with van der Waals surface area (Å²) in [5.41, 5.74) is 1.35. The van der Waals surface area contributed by atoms with Gasteiger partial charge >= 0.3 is 0 Å². The molecule has 3 rings (SSSR count). The van der Waals surface area contributed by atoms with Gasteiger partial charge < -0.3 is 24.4 Å². The molecular formula is C19H26N2O5S. The molecule has 0 saturated carbocycles. The summed E-state index contributed by atoms with van der Waals surface area (Å²) in [6.45, 7) is 5.10. The SMILES string of the molecule is COCCCNC(=O)[C@@H]1N2C(=O)c3c(ccc(OC)c3OC)[C@H]2SC1(C)C. The van der Waals surface area contributed by atoms with Crippen LogP contribution in [0.4, 0.5) is 0 Å². The minimum Gasteiger partial charge on any atom is -0.493 e. The van der Waals surface area contributed by atoms with E-state index in [1.54, 1.807) is 36.9 Å². The average Bonchev–Trinajstić information content (AvgIpc) is 3.07. The molecule has 7 nitrogen and oxygen atoms in total. The highest BCUT2D eigenvalue weighted by Crippen LogP contribution is 2.58. The lowest BCUT2D eigenvalue weighted by Gasteiger charge is -2.29. The van der Waals surface area contributed by atoms with Crippen LogP contribution in [0.2, 0.25) is 0 Å². The number of ether oxygens (including phenoxy) is 3. The lowest BCUT2D eigenvalue weighted by Crippen LogP contribution is -2.52. The molecule has 1 aromatic rings. The van der Waals surface area contributed by atoms with Gasteiger partial charge in [0.1, 0.15) is 11.4 Å². The first-order valence-electron chi connectivity index (χ1n) is 8.89. The number of amides is 2. The Morgan fingerprint density at radius 2 is 2.00 bits per heavy atom. The molecule has 1 aromatic carbocycles. The Morgan fingerprint density at radius 1 is 1.26 bits per heavy atom. The van der Waals surface area contributed by atoms with Gasteiger partial charge in [0.15, 0.2) is 11.5 Å². The predicted molar refractivity (Wildman–Crippen MR) is 103 cm³/mol. The summed E-state index contributed by atoms with van der Waals surface area (Å²) in [6.07, 6.45) is 0.727. The molecule has 2 aliphatic heterocycles. The van der Waals surface area contributed by atoms with Crippen molar-refractivity contribution in [1.82, 2.24) is 10.2 Å². The van der Waals surface area contributed by atoms with E-state index in [-0.39, 0.29) is 17.2 Å². The monoisotopic (exact) mass is 394 g/mol. The van der Waals surface area contributed by atoms with Crippen LogP contribution >= 0.6 is 11.8 Å². The van der Waals surface area contributed by atoms with Gasteiger partial charge in [-0.25, -0.2) is 0 Å². The predicted octanol–water partition coefficient (Wildman–Crippen LogP) is 2.20. The molecule has 2 heterocycles. The van der Waals surface area contributed by atoms with Gasteiger partial charge in [0.05, 0.1) is 19.8 Å². The van der Waals surface area contributed by atoms with E-state index >= 15 is 0 Å². The topological polar surface area (TPSA) is 77.1 Å². The minimum atomic E-state index is -0.564. The van der Waals surface area contributed by atoms with Crippen molar-refractivity contribution in [2.24, 2.45) is 0 Å². The van der Waals surface area contributed by atoms with Gasteiger partial charge in [-0.2, -0.15) is 0 Å². The lowest BCUT2D eigenvalue weighted by molar-refractivity contribution is -0.126. The number of hydrogen-bond acceptors (Lipinski definition) is 6. The third kappa shape index (κ3) is 3.25. The second kappa shape index (κ2) is 7.59. The molecular weight excluding hydrogens is 368 g/mol. The summed E-state index contributed by atoms with van der Waals surface area (Å²) in [5, 5.41) is 2.73. The van der Waals surface area contributed by atoms with E-state index in [0.29, 0.717) is 30.2 Å². The van der Waals surface area contributed by atoms with E-state index in [2.05, 4.69) is 5.32 Å². The number of benzene rings is 1. The van der Waals surface area contributed by atoms with Crippen molar-refractivity contribution in [2.45, 2.75) is 36.4 Å². The summed E-state index contributed by atoms with van der Waals surface area (Å²) in [6, 6.07) is 3.13. The summed E-state index contributed by atoms with van der Waals surface area (Å²) in [5.74, 6) is 0.599. The zero-order valence-electron chi connectivity index (χ0n) is 16.3. The molecule has 8 heteroatoms. The molecule has 27 heavy (non-hydrogen) atoms. The van der Waals surface area contributed by atoms with Crippen molar-refractivity contribution in [3.63, 3.8) is 0 Å². The molecule has 1 N–H and O–H groups in total. The third-order valence-electron chi connectivity index (χ3n) is 4.97. The van der Waals surface area contributed by atoms with Crippen LogP contribution in [0.25, 0.3) is 0 Å². The molecule has 2 aliphatic rings. The molecule has 2 atom stereocenters. The van der Waals surface area contributed by atoms with Crippen molar-refractivity contribution < 1.29 is 23.8 Å². The number of hydrogen-bond donors (Lipinski definition) is 1. The molecule has 2 amide bonds. The molecule has 0 aromatic heterocycles. The maximum Gasteiger partial charge on any atom is 0.260 e. The van der Waals surface area contributed by atoms with Crippen molar-refractivity contribution in [3.05, 3.63) is 23.3 Å². The van der Waals surface area contributed by atoms with Crippen LogP contribution < -0.4 is 14.8 Å². The van der Waals surface area contributed by atoms with Crippen LogP contribution in [-0.4, -0.2) is 62.0 Å². The van der Waals surface area contributed by atoms with Gasteiger partial charge in [0, 0.05) is 30.6 Å². The van der Waals surface area contributed by atoms with Gasteiger partial charge in [0.25, 0.3) is 5.91 Å². The summed E-state index contributed by atoms with van der Waals surface area (Å²) < 4.78 is 15.4. The molecule has 1 fully saturated rings. The Bertz CT molecular complexity index is 752.